The first kappa shape index (κ1) is 27.6. The Bertz CT molecular complexity index is 1160. The number of rotatable bonds is 11. The first-order valence-corrected chi connectivity index (χ1v) is 12.3. The van der Waals surface area contributed by atoms with Crippen LogP contribution in [0.4, 0.5) is 0 Å². The van der Waals surface area contributed by atoms with E-state index in [0.29, 0.717) is 13.0 Å². The lowest BCUT2D eigenvalue weighted by molar-refractivity contribution is -0.136. The second kappa shape index (κ2) is 14.5. The van der Waals surface area contributed by atoms with Crippen LogP contribution in [-0.4, -0.2) is 27.7 Å². The summed E-state index contributed by atoms with van der Waals surface area (Å²) in [6.07, 6.45) is 16.0. The van der Waals surface area contributed by atoms with Gasteiger partial charge in [0.1, 0.15) is 5.01 Å². The molecule has 0 aliphatic heterocycles. The van der Waals surface area contributed by atoms with Gasteiger partial charge in [-0.25, -0.2) is 4.98 Å². The number of hydrogen-bond acceptors (Lipinski definition) is 5. The molecular formula is C29H32N2O3S. The quantitative estimate of drug-likeness (QED) is 0.177. The average molecular weight is 489 g/mol. The van der Waals surface area contributed by atoms with Crippen molar-refractivity contribution in [2.24, 2.45) is 0 Å². The van der Waals surface area contributed by atoms with Crippen molar-refractivity contribution in [2.75, 3.05) is 6.61 Å². The number of pyridine rings is 1. The molecule has 2 heterocycles. The summed E-state index contributed by atoms with van der Waals surface area (Å²) in [6, 6.07) is 14.3. The van der Waals surface area contributed by atoms with Crippen LogP contribution in [0, 0.1) is 19.8 Å². The minimum absolute atomic E-state index is 0.157. The van der Waals surface area contributed by atoms with E-state index in [1.54, 1.807) is 17.5 Å². The van der Waals surface area contributed by atoms with Crippen LogP contribution < -0.4 is 0 Å². The Labute approximate surface area is 212 Å². The number of nitrogens with zero attached hydrogens (tertiary/aromatic N) is 2. The third-order valence-corrected chi connectivity index (χ3v) is 6.38. The van der Waals surface area contributed by atoms with Gasteiger partial charge in [0, 0.05) is 35.0 Å². The highest BCUT2D eigenvalue weighted by Crippen LogP contribution is 2.29. The number of benzene rings is 1. The van der Waals surface area contributed by atoms with Crippen LogP contribution in [0.3, 0.4) is 0 Å². The molecule has 3 rings (SSSR count). The molecule has 182 valence electrons. The molecule has 3 aromatic rings. The van der Waals surface area contributed by atoms with Gasteiger partial charge in [-0.2, -0.15) is 0 Å². The smallest absolute Gasteiger partial charge is 0.303 e. The fourth-order valence-corrected chi connectivity index (χ4v) is 4.30. The lowest BCUT2D eigenvalue weighted by atomic mass is 10.1. The van der Waals surface area contributed by atoms with Crippen molar-refractivity contribution >= 4 is 17.3 Å². The molecule has 1 aromatic carbocycles. The number of ether oxygens (including phenoxy) is 1. The molecule has 0 unspecified atom stereocenters. The van der Waals surface area contributed by atoms with Crippen LogP contribution >= 0.6 is 11.3 Å². The first-order chi connectivity index (χ1) is 17.0. The Morgan fingerprint density at radius 3 is 2.43 bits per heavy atom. The summed E-state index contributed by atoms with van der Waals surface area (Å²) in [5.74, 6) is 0.0444. The third-order valence-electron chi connectivity index (χ3n) is 5.32. The second-order valence-electron chi connectivity index (χ2n) is 7.76. The molecule has 0 saturated heterocycles. The molecule has 0 atom stereocenters. The fourth-order valence-electron chi connectivity index (χ4n) is 3.34. The van der Waals surface area contributed by atoms with Gasteiger partial charge in [0.2, 0.25) is 0 Å². The Kier molecular flexibility index (Phi) is 11.5. The zero-order valence-electron chi connectivity index (χ0n) is 20.5. The Balaban J connectivity index is 0.00000210. The summed E-state index contributed by atoms with van der Waals surface area (Å²) in [7, 11) is 0. The molecule has 5 nitrogen and oxygen atoms in total. The van der Waals surface area contributed by atoms with Crippen LogP contribution in [0.1, 0.15) is 43.7 Å². The van der Waals surface area contributed by atoms with Gasteiger partial charge in [-0.05, 0) is 44.9 Å². The van der Waals surface area contributed by atoms with Crippen LogP contribution in [0.15, 0.2) is 72.1 Å². The molecule has 0 aliphatic carbocycles. The van der Waals surface area contributed by atoms with Gasteiger partial charge in [0.25, 0.3) is 0 Å². The number of hydrogen-bond donors (Lipinski definition) is 1. The topological polar surface area (TPSA) is 72.3 Å². The van der Waals surface area contributed by atoms with Crippen LogP contribution in [0.25, 0.3) is 21.8 Å². The molecule has 0 radical (unpaired) electrons. The maximum Gasteiger partial charge on any atom is 0.303 e. The van der Waals surface area contributed by atoms with Crippen molar-refractivity contribution in [1.29, 1.82) is 0 Å². The van der Waals surface area contributed by atoms with Crippen molar-refractivity contribution in [1.82, 2.24) is 9.97 Å². The van der Waals surface area contributed by atoms with Crippen molar-refractivity contribution in [3.05, 3.63) is 82.7 Å². The van der Waals surface area contributed by atoms with E-state index in [4.69, 9.17) is 14.8 Å². The predicted octanol–water partition coefficient (Wildman–Crippen LogP) is 7.09. The summed E-state index contributed by atoms with van der Waals surface area (Å²) < 4.78 is 5.86. The van der Waals surface area contributed by atoms with E-state index in [1.165, 1.54) is 4.88 Å². The number of aliphatic carboxylic acids is 1. The van der Waals surface area contributed by atoms with E-state index in [2.05, 4.69) is 49.0 Å². The van der Waals surface area contributed by atoms with E-state index in [1.807, 2.05) is 44.2 Å². The number of thiazole rings is 1. The second-order valence-corrected chi connectivity index (χ2v) is 8.97. The van der Waals surface area contributed by atoms with E-state index in [9.17, 15) is 4.79 Å². The summed E-state index contributed by atoms with van der Waals surface area (Å²) in [5.41, 5.74) is 5.32. The van der Waals surface area contributed by atoms with Gasteiger partial charge in [0.15, 0.2) is 0 Å². The number of aromatic nitrogens is 2. The van der Waals surface area contributed by atoms with Crippen molar-refractivity contribution in [3.63, 3.8) is 0 Å². The Hall–Kier alpha value is -3.69. The number of carboxylic acid groups (broad SMARTS) is 1. The predicted molar refractivity (Wildman–Crippen MR) is 144 cm³/mol. The lowest BCUT2D eigenvalue weighted by Crippen LogP contribution is -1.99. The summed E-state index contributed by atoms with van der Waals surface area (Å²) in [6.45, 7) is 6.60. The van der Waals surface area contributed by atoms with E-state index >= 15 is 0 Å². The minimum atomic E-state index is -0.770. The molecule has 1 N–H and O–H groups in total. The van der Waals surface area contributed by atoms with Crippen molar-refractivity contribution in [3.8, 4) is 34.7 Å². The molecule has 35 heavy (non-hydrogen) atoms. The SMILES string of the molecule is C#C.CC/C(=C\C=C(/C)OCCc1nc(-c2ccc(-c3ccccn3)cc2)sc1C)CCC(=O)O. The fraction of sp³-hybridized carbons (Fsp3) is 0.276. The first-order valence-electron chi connectivity index (χ1n) is 11.5. The molecule has 0 bridgehead atoms. The number of aryl methyl sites for hydroxylation is 1. The molecule has 2 aromatic heterocycles. The zero-order valence-corrected chi connectivity index (χ0v) is 21.3. The molecule has 0 fully saturated rings. The largest absolute Gasteiger partial charge is 0.498 e. The third kappa shape index (κ3) is 8.88. The van der Waals surface area contributed by atoms with Gasteiger partial charge in [-0.15, -0.1) is 24.2 Å². The summed E-state index contributed by atoms with van der Waals surface area (Å²) in [5, 5.41) is 9.85. The van der Waals surface area contributed by atoms with Crippen LogP contribution in [0.2, 0.25) is 0 Å². The standard InChI is InChI=1S/C27H30N2O3S.C2H2/c1-4-21(10-15-26(30)31)9-8-19(2)32-18-16-24-20(3)33-27(29-24)23-13-11-22(12-14-23)25-7-5-6-17-28-25;1-2/h5-9,11-14,17H,4,10,15-16,18H2,1-3H3,(H,30,31);1-2H/b19-8+,21-9+;. The summed E-state index contributed by atoms with van der Waals surface area (Å²) in [4.78, 5) is 21.2. The highest BCUT2D eigenvalue weighted by molar-refractivity contribution is 7.15. The number of carbonyl (C=O) groups is 1. The number of allylic oxidation sites excluding steroid dienone is 4. The lowest BCUT2D eigenvalue weighted by Gasteiger charge is -2.06. The van der Waals surface area contributed by atoms with E-state index in [-0.39, 0.29) is 6.42 Å². The summed E-state index contributed by atoms with van der Waals surface area (Å²) >= 11 is 1.70. The Morgan fingerprint density at radius 2 is 1.80 bits per heavy atom. The van der Waals surface area contributed by atoms with Crippen LogP contribution in [-0.2, 0) is 16.0 Å². The Morgan fingerprint density at radius 1 is 1.09 bits per heavy atom. The molecular weight excluding hydrogens is 456 g/mol. The zero-order chi connectivity index (χ0) is 25.6. The molecule has 6 heteroatoms. The van der Waals surface area contributed by atoms with Gasteiger partial charge in [-0.3, -0.25) is 9.78 Å². The monoisotopic (exact) mass is 488 g/mol. The van der Waals surface area contributed by atoms with Gasteiger partial charge < -0.3 is 9.84 Å². The molecule has 0 amide bonds. The highest BCUT2D eigenvalue weighted by Gasteiger charge is 2.10. The molecule has 0 spiro atoms. The van der Waals surface area contributed by atoms with Crippen molar-refractivity contribution in [2.45, 2.75) is 46.5 Å². The number of terminal acetylenes is 1. The maximum absolute atomic E-state index is 10.8. The normalized spacial score (nSPS) is 11.5. The van der Waals surface area contributed by atoms with Gasteiger partial charge in [0.05, 0.1) is 23.8 Å². The van der Waals surface area contributed by atoms with E-state index in [0.717, 1.165) is 51.7 Å². The molecule has 0 aliphatic rings. The van der Waals surface area contributed by atoms with Gasteiger partial charge in [-0.1, -0.05) is 48.9 Å². The number of carboxylic acids is 1. The highest BCUT2D eigenvalue weighted by atomic mass is 32.1. The van der Waals surface area contributed by atoms with Crippen molar-refractivity contribution < 1.29 is 14.6 Å². The van der Waals surface area contributed by atoms with Crippen LogP contribution in [0.5, 0.6) is 0 Å². The van der Waals surface area contributed by atoms with Gasteiger partial charge >= 0.3 is 5.97 Å². The van der Waals surface area contributed by atoms with E-state index < -0.39 is 5.97 Å². The molecule has 0 saturated carbocycles. The maximum atomic E-state index is 10.8. The minimum Gasteiger partial charge on any atom is -0.498 e. The average Bonchev–Trinajstić information content (AvgIpc) is 3.26.